The molecule has 0 unspecified atom stereocenters. The third-order valence-electron chi connectivity index (χ3n) is 3.41. The number of imidazole rings is 1. The molecule has 2 heterocycles. The Labute approximate surface area is 117 Å². The molecule has 0 aliphatic rings. The highest BCUT2D eigenvalue weighted by Gasteiger charge is 2.37. The van der Waals surface area contributed by atoms with Gasteiger partial charge in [0.25, 0.3) is 0 Å². The number of hydrogen-bond donors (Lipinski definition) is 1. The average Bonchev–Trinajstić information content (AvgIpc) is 2.83. The predicted octanol–water partition coefficient (Wildman–Crippen LogP) is 1.28. The van der Waals surface area contributed by atoms with Crippen LogP contribution in [-0.4, -0.2) is 41.4 Å². The minimum Gasteiger partial charge on any atom is -0.495 e. The third kappa shape index (κ3) is 2.27. The van der Waals surface area contributed by atoms with Crippen molar-refractivity contribution in [1.82, 2.24) is 9.38 Å². The van der Waals surface area contributed by atoms with E-state index in [1.807, 2.05) is 0 Å². The Morgan fingerprint density at radius 3 is 2.75 bits per heavy atom. The summed E-state index contributed by atoms with van der Waals surface area (Å²) in [5, 5.41) is 9.07. The maximum Gasteiger partial charge on any atom is 0.188 e. The fraction of sp³-hybridized carbons (Fsp3) is 0.462. The van der Waals surface area contributed by atoms with Gasteiger partial charge in [0.2, 0.25) is 0 Å². The summed E-state index contributed by atoms with van der Waals surface area (Å²) in [4.78, 5) is 4.20. The number of aromatic nitrogens is 2. The zero-order valence-electron chi connectivity index (χ0n) is 11.7. The van der Waals surface area contributed by atoms with E-state index < -0.39 is 14.6 Å². The smallest absolute Gasteiger partial charge is 0.188 e. The van der Waals surface area contributed by atoms with Crippen molar-refractivity contribution in [2.24, 2.45) is 0 Å². The van der Waals surface area contributed by atoms with Gasteiger partial charge in [-0.05, 0) is 20.3 Å². The number of aliphatic hydroxyl groups is 1. The molecule has 20 heavy (non-hydrogen) atoms. The van der Waals surface area contributed by atoms with E-state index in [0.29, 0.717) is 5.65 Å². The molecule has 110 valence electrons. The Morgan fingerprint density at radius 1 is 1.45 bits per heavy atom. The second-order valence-corrected chi connectivity index (χ2v) is 7.69. The Bertz CT molecular complexity index is 719. The van der Waals surface area contributed by atoms with Gasteiger partial charge in [-0.2, -0.15) is 0 Å². The topological polar surface area (TPSA) is 80.9 Å². The van der Waals surface area contributed by atoms with Gasteiger partial charge in [0.05, 0.1) is 11.9 Å². The van der Waals surface area contributed by atoms with Crippen molar-refractivity contribution >= 4 is 15.5 Å². The van der Waals surface area contributed by atoms with E-state index in [0.717, 1.165) is 0 Å². The van der Waals surface area contributed by atoms with Crippen molar-refractivity contribution in [2.45, 2.75) is 29.9 Å². The Hall–Kier alpha value is -1.60. The Morgan fingerprint density at radius 2 is 2.15 bits per heavy atom. The molecule has 0 radical (unpaired) electrons. The quantitative estimate of drug-likeness (QED) is 0.899. The van der Waals surface area contributed by atoms with Gasteiger partial charge < -0.3 is 14.2 Å². The van der Waals surface area contributed by atoms with E-state index in [9.17, 15) is 8.42 Å². The van der Waals surface area contributed by atoms with Crippen molar-refractivity contribution in [3.05, 3.63) is 24.7 Å². The van der Waals surface area contributed by atoms with Crippen molar-refractivity contribution in [1.29, 1.82) is 0 Å². The molecule has 2 aromatic rings. The number of methoxy groups -OCH3 is 1. The molecule has 0 spiro atoms. The first-order valence-electron chi connectivity index (χ1n) is 6.19. The van der Waals surface area contributed by atoms with E-state index in [-0.39, 0.29) is 23.7 Å². The molecule has 2 aromatic heterocycles. The Balaban J connectivity index is 2.66. The number of pyridine rings is 1. The van der Waals surface area contributed by atoms with Crippen molar-refractivity contribution in [3.8, 4) is 5.75 Å². The fourth-order valence-corrected chi connectivity index (χ4v) is 3.60. The van der Waals surface area contributed by atoms with Crippen LogP contribution in [0, 0.1) is 0 Å². The highest BCUT2D eigenvalue weighted by Crippen LogP contribution is 2.34. The highest BCUT2D eigenvalue weighted by atomic mass is 32.2. The third-order valence-corrected chi connectivity index (χ3v) is 5.95. The number of nitrogens with zero attached hydrogens (tertiary/aromatic N) is 2. The van der Waals surface area contributed by atoms with Crippen LogP contribution in [0.1, 0.15) is 20.3 Å². The van der Waals surface area contributed by atoms with E-state index in [2.05, 4.69) is 4.98 Å². The zero-order chi connectivity index (χ0) is 15.0. The van der Waals surface area contributed by atoms with Gasteiger partial charge in [-0.25, -0.2) is 13.4 Å². The molecule has 2 rings (SSSR count). The van der Waals surface area contributed by atoms with Gasteiger partial charge >= 0.3 is 0 Å². The van der Waals surface area contributed by atoms with Gasteiger partial charge in [0.15, 0.2) is 9.84 Å². The van der Waals surface area contributed by atoms with Crippen LogP contribution in [0.4, 0.5) is 0 Å². The SMILES string of the molecule is COc1cc2nccn2cc1S(=O)(=O)C(C)(C)CCO. The summed E-state index contributed by atoms with van der Waals surface area (Å²) in [5.41, 5.74) is 0.612. The number of hydrogen-bond acceptors (Lipinski definition) is 5. The first-order valence-corrected chi connectivity index (χ1v) is 7.68. The number of sulfone groups is 1. The molecule has 7 heteroatoms. The average molecular weight is 298 g/mol. The van der Waals surface area contributed by atoms with Crippen LogP contribution < -0.4 is 4.74 Å². The lowest BCUT2D eigenvalue weighted by atomic mass is 10.1. The molecule has 0 saturated heterocycles. The van der Waals surface area contributed by atoms with E-state index in [1.165, 1.54) is 13.3 Å². The molecule has 1 N–H and O–H groups in total. The molecule has 0 atom stereocenters. The number of rotatable bonds is 5. The molecular formula is C13H18N2O4S. The molecule has 0 aliphatic carbocycles. The van der Waals surface area contributed by atoms with Crippen LogP contribution in [0.15, 0.2) is 29.6 Å². The maximum atomic E-state index is 12.8. The maximum absolute atomic E-state index is 12.8. The lowest BCUT2D eigenvalue weighted by Gasteiger charge is -2.25. The molecule has 0 saturated carbocycles. The summed E-state index contributed by atoms with van der Waals surface area (Å²) in [7, 11) is -2.22. The lowest BCUT2D eigenvalue weighted by Crippen LogP contribution is -2.33. The first kappa shape index (κ1) is 14.8. The van der Waals surface area contributed by atoms with Gasteiger partial charge in [0, 0.05) is 31.3 Å². The van der Waals surface area contributed by atoms with Crippen molar-refractivity contribution < 1.29 is 18.3 Å². The normalized spacial score (nSPS) is 12.8. The summed E-state index contributed by atoms with van der Waals surface area (Å²) in [6, 6.07) is 1.59. The van der Waals surface area contributed by atoms with Gasteiger partial charge in [-0.3, -0.25) is 0 Å². The molecule has 0 aromatic carbocycles. The summed E-state index contributed by atoms with van der Waals surface area (Å²) < 4.78 is 31.3. The van der Waals surface area contributed by atoms with E-state index in [4.69, 9.17) is 9.84 Å². The number of aliphatic hydroxyl groups excluding tert-OH is 1. The standard InChI is InChI=1S/C13H18N2O4S/c1-13(2,4-7-16)20(17,18)11-9-15-6-5-14-12(15)8-10(11)19-3/h5-6,8-9,16H,4,7H2,1-3H3. The van der Waals surface area contributed by atoms with Crippen LogP contribution >= 0.6 is 0 Å². The highest BCUT2D eigenvalue weighted by molar-refractivity contribution is 7.92. The molecule has 0 bridgehead atoms. The van der Waals surface area contributed by atoms with Crippen LogP contribution in [0.3, 0.4) is 0 Å². The summed E-state index contributed by atoms with van der Waals surface area (Å²) >= 11 is 0. The first-order chi connectivity index (χ1) is 9.33. The molecule has 6 nitrogen and oxygen atoms in total. The summed E-state index contributed by atoms with van der Waals surface area (Å²) in [6.45, 7) is 2.99. The van der Waals surface area contributed by atoms with Crippen LogP contribution in [0.2, 0.25) is 0 Å². The Kier molecular flexibility index (Phi) is 3.75. The molecule has 0 amide bonds. The fourth-order valence-electron chi connectivity index (χ4n) is 1.99. The second-order valence-electron chi connectivity index (χ2n) is 5.14. The lowest BCUT2D eigenvalue weighted by molar-refractivity contribution is 0.272. The van der Waals surface area contributed by atoms with Crippen molar-refractivity contribution in [3.63, 3.8) is 0 Å². The second kappa shape index (κ2) is 5.06. The minimum atomic E-state index is -3.65. The van der Waals surface area contributed by atoms with E-state index in [1.54, 1.807) is 36.7 Å². The monoisotopic (exact) mass is 298 g/mol. The zero-order valence-corrected chi connectivity index (χ0v) is 12.5. The number of fused-ring (bicyclic) bond motifs is 1. The summed E-state index contributed by atoms with van der Waals surface area (Å²) in [5.74, 6) is 0.259. The molecule has 0 aliphatic heterocycles. The van der Waals surface area contributed by atoms with Crippen molar-refractivity contribution in [2.75, 3.05) is 13.7 Å². The van der Waals surface area contributed by atoms with Gasteiger partial charge in [-0.1, -0.05) is 0 Å². The van der Waals surface area contributed by atoms with Crippen LogP contribution in [0.25, 0.3) is 5.65 Å². The van der Waals surface area contributed by atoms with Gasteiger partial charge in [-0.15, -0.1) is 0 Å². The minimum absolute atomic E-state index is 0.101. The van der Waals surface area contributed by atoms with E-state index >= 15 is 0 Å². The number of ether oxygens (including phenoxy) is 1. The summed E-state index contributed by atoms with van der Waals surface area (Å²) in [6.07, 6.45) is 4.91. The van der Waals surface area contributed by atoms with Crippen LogP contribution in [0.5, 0.6) is 5.75 Å². The predicted molar refractivity (Wildman–Crippen MR) is 74.7 cm³/mol. The molecular weight excluding hydrogens is 280 g/mol. The molecule has 0 fully saturated rings. The largest absolute Gasteiger partial charge is 0.495 e. The van der Waals surface area contributed by atoms with Gasteiger partial charge in [0.1, 0.15) is 16.3 Å². The van der Waals surface area contributed by atoms with Crippen LogP contribution in [-0.2, 0) is 9.84 Å².